The highest BCUT2D eigenvalue weighted by molar-refractivity contribution is 7.89. The molecule has 29 heavy (non-hydrogen) atoms. The minimum Gasteiger partial charge on any atom is -0.497 e. The lowest BCUT2D eigenvalue weighted by molar-refractivity contribution is -0.136. The van der Waals surface area contributed by atoms with Gasteiger partial charge in [-0.25, -0.2) is 8.42 Å². The maximum Gasteiger partial charge on any atom is 0.243 e. The summed E-state index contributed by atoms with van der Waals surface area (Å²) >= 11 is 0. The number of ether oxygens (including phenoxy) is 1. The Morgan fingerprint density at radius 2 is 1.76 bits per heavy atom. The van der Waals surface area contributed by atoms with Crippen molar-refractivity contribution >= 4 is 15.9 Å². The monoisotopic (exact) mass is 423 g/mol. The normalized spacial score (nSPS) is 23.7. The summed E-state index contributed by atoms with van der Waals surface area (Å²) in [5.74, 6) is 0.953. The van der Waals surface area contributed by atoms with Gasteiger partial charge in [0, 0.05) is 19.1 Å². The number of carbonyl (C=O) groups is 1. The van der Waals surface area contributed by atoms with Crippen LogP contribution in [0.2, 0.25) is 0 Å². The highest BCUT2D eigenvalue weighted by atomic mass is 32.2. The largest absolute Gasteiger partial charge is 0.497 e. The average Bonchev–Trinajstić information content (AvgIpc) is 2.99. The third kappa shape index (κ3) is 3.90. The molecule has 1 spiro atoms. The first-order chi connectivity index (χ1) is 13.7. The van der Waals surface area contributed by atoms with E-state index in [-0.39, 0.29) is 28.8 Å². The Labute approximate surface area is 174 Å². The summed E-state index contributed by atoms with van der Waals surface area (Å²) in [4.78, 5) is 15.4. The van der Waals surface area contributed by atoms with Gasteiger partial charge >= 0.3 is 0 Å². The van der Waals surface area contributed by atoms with Crippen LogP contribution in [0.3, 0.4) is 0 Å². The molecule has 7 nitrogen and oxygen atoms in total. The Morgan fingerprint density at radius 3 is 2.24 bits per heavy atom. The van der Waals surface area contributed by atoms with E-state index in [1.54, 1.807) is 31.4 Å². The number of sulfonamides is 1. The Bertz CT molecular complexity index is 830. The van der Waals surface area contributed by atoms with Crippen LogP contribution >= 0.6 is 0 Å². The van der Waals surface area contributed by atoms with Crippen molar-refractivity contribution < 1.29 is 17.9 Å². The second-order valence-electron chi connectivity index (χ2n) is 8.44. The van der Waals surface area contributed by atoms with E-state index < -0.39 is 15.7 Å². The number of methoxy groups -OCH3 is 1. The van der Waals surface area contributed by atoms with E-state index in [2.05, 4.69) is 19.2 Å². The number of nitrogens with zero attached hydrogens (tertiary/aromatic N) is 2. The van der Waals surface area contributed by atoms with Crippen LogP contribution in [0.25, 0.3) is 0 Å². The lowest BCUT2D eigenvalue weighted by Gasteiger charge is -2.46. The van der Waals surface area contributed by atoms with Crippen LogP contribution in [-0.4, -0.2) is 61.5 Å². The predicted molar refractivity (Wildman–Crippen MR) is 112 cm³/mol. The number of piperidine rings is 1. The van der Waals surface area contributed by atoms with E-state index in [1.165, 1.54) is 4.31 Å². The Balaban J connectivity index is 1.81. The molecule has 0 aliphatic carbocycles. The average molecular weight is 424 g/mol. The molecule has 0 radical (unpaired) electrons. The highest BCUT2D eigenvalue weighted by Gasteiger charge is 2.54. The summed E-state index contributed by atoms with van der Waals surface area (Å²) in [6.07, 6.45) is 2.04. The third-order valence-corrected chi connectivity index (χ3v) is 8.25. The minimum absolute atomic E-state index is 0.114. The van der Waals surface area contributed by atoms with Gasteiger partial charge in [-0.3, -0.25) is 10.1 Å². The predicted octanol–water partition coefficient (Wildman–Crippen LogP) is 2.43. The van der Waals surface area contributed by atoms with Crippen molar-refractivity contribution in [1.82, 2.24) is 14.5 Å². The molecule has 0 unspecified atom stereocenters. The van der Waals surface area contributed by atoms with Crippen molar-refractivity contribution in [2.75, 3.05) is 20.2 Å². The summed E-state index contributed by atoms with van der Waals surface area (Å²) in [7, 11) is -2.02. The molecule has 0 bridgehead atoms. The van der Waals surface area contributed by atoms with Gasteiger partial charge in [-0.15, -0.1) is 0 Å². The molecular formula is C21H33N3O4S. The second-order valence-corrected chi connectivity index (χ2v) is 10.4. The van der Waals surface area contributed by atoms with Crippen molar-refractivity contribution in [3.63, 3.8) is 0 Å². The van der Waals surface area contributed by atoms with Crippen LogP contribution in [0.15, 0.2) is 29.2 Å². The van der Waals surface area contributed by atoms with E-state index in [0.29, 0.717) is 31.7 Å². The van der Waals surface area contributed by atoms with Gasteiger partial charge in [0.25, 0.3) is 0 Å². The summed E-state index contributed by atoms with van der Waals surface area (Å²) < 4.78 is 32.8. The lowest BCUT2D eigenvalue weighted by Crippen LogP contribution is -2.61. The fourth-order valence-corrected chi connectivity index (χ4v) is 5.87. The molecule has 2 aliphatic heterocycles. The van der Waals surface area contributed by atoms with Crippen molar-refractivity contribution in [1.29, 1.82) is 0 Å². The standard InChI is InChI=1S/C21H33N3O4S/c1-6-16(4)24-20(25)19(15(2)3)22-21(24)11-13-23(14-12-21)29(26,27)18-9-7-17(28-5)8-10-18/h7-10,15-16,19,22H,6,11-14H2,1-5H3/t16-,19+/m1/s1. The second kappa shape index (κ2) is 8.24. The molecule has 2 fully saturated rings. The van der Waals surface area contributed by atoms with Crippen LogP contribution in [0.1, 0.15) is 47.0 Å². The molecule has 1 N–H and O–H groups in total. The smallest absolute Gasteiger partial charge is 0.243 e. The van der Waals surface area contributed by atoms with Crippen molar-refractivity contribution in [3.8, 4) is 5.75 Å². The van der Waals surface area contributed by atoms with Gasteiger partial charge in [0.1, 0.15) is 5.75 Å². The molecule has 2 atom stereocenters. The van der Waals surface area contributed by atoms with E-state index in [9.17, 15) is 13.2 Å². The van der Waals surface area contributed by atoms with E-state index in [0.717, 1.165) is 6.42 Å². The number of nitrogens with one attached hydrogen (secondary N) is 1. The lowest BCUT2D eigenvalue weighted by atomic mass is 9.95. The van der Waals surface area contributed by atoms with Crippen LogP contribution in [0, 0.1) is 5.92 Å². The molecule has 0 aromatic heterocycles. The molecule has 1 amide bonds. The summed E-state index contributed by atoms with van der Waals surface area (Å²) in [5.41, 5.74) is -0.465. The van der Waals surface area contributed by atoms with Crippen LogP contribution in [0.4, 0.5) is 0 Å². The zero-order valence-corrected chi connectivity index (χ0v) is 18.8. The first kappa shape index (κ1) is 22.1. The van der Waals surface area contributed by atoms with E-state index in [1.807, 2.05) is 18.7 Å². The number of hydrogen-bond acceptors (Lipinski definition) is 5. The summed E-state index contributed by atoms with van der Waals surface area (Å²) in [6, 6.07) is 6.38. The van der Waals surface area contributed by atoms with Crippen LogP contribution < -0.4 is 10.1 Å². The van der Waals surface area contributed by atoms with Gasteiger partial charge in [0.15, 0.2) is 0 Å². The van der Waals surface area contributed by atoms with Gasteiger partial charge in [-0.2, -0.15) is 4.31 Å². The minimum atomic E-state index is -3.57. The quantitative estimate of drug-likeness (QED) is 0.760. The zero-order valence-electron chi connectivity index (χ0n) is 18.0. The molecule has 3 rings (SSSR count). The van der Waals surface area contributed by atoms with Gasteiger partial charge in [-0.05, 0) is 56.4 Å². The number of hydrogen-bond donors (Lipinski definition) is 1. The Hall–Kier alpha value is -1.64. The topological polar surface area (TPSA) is 79.0 Å². The van der Waals surface area contributed by atoms with Gasteiger partial charge in [0.2, 0.25) is 15.9 Å². The molecular weight excluding hydrogens is 390 g/mol. The molecule has 2 saturated heterocycles. The van der Waals surface area contributed by atoms with Crippen molar-refractivity contribution in [2.24, 2.45) is 5.92 Å². The molecule has 162 valence electrons. The van der Waals surface area contributed by atoms with Crippen molar-refractivity contribution in [3.05, 3.63) is 24.3 Å². The molecule has 0 saturated carbocycles. The Kier molecular flexibility index (Phi) is 6.27. The zero-order chi connectivity index (χ0) is 21.4. The number of carbonyl (C=O) groups excluding carboxylic acids is 1. The van der Waals surface area contributed by atoms with Gasteiger partial charge in [0.05, 0.1) is 23.7 Å². The highest BCUT2D eigenvalue weighted by Crippen LogP contribution is 2.37. The van der Waals surface area contributed by atoms with Crippen molar-refractivity contribution in [2.45, 2.75) is 69.6 Å². The number of benzene rings is 1. The summed E-state index contributed by atoms with van der Waals surface area (Å²) in [5, 5.41) is 3.59. The number of rotatable bonds is 6. The molecule has 2 heterocycles. The number of amides is 1. The third-order valence-electron chi connectivity index (χ3n) is 6.33. The van der Waals surface area contributed by atoms with Crippen LogP contribution in [0.5, 0.6) is 5.75 Å². The first-order valence-electron chi connectivity index (χ1n) is 10.4. The van der Waals surface area contributed by atoms with Crippen LogP contribution in [-0.2, 0) is 14.8 Å². The molecule has 1 aromatic rings. The maximum atomic E-state index is 13.1. The molecule has 1 aromatic carbocycles. The Morgan fingerprint density at radius 1 is 1.17 bits per heavy atom. The SMILES string of the molecule is CC[C@@H](C)N1C(=O)[C@H](C(C)C)NC12CCN(S(=O)(=O)c1ccc(OC)cc1)CC2. The fourth-order valence-electron chi connectivity index (χ4n) is 4.43. The van der Waals surface area contributed by atoms with E-state index in [4.69, 9.17) is 4.74 Å². The fraction of sp³-hybridized carbons (Fsp3) is 0.667. The maximum absolute atomic E-state index is 13.1. The summed E-state index contributed by atoms with van der Waals surface area (Å²) in [6.45, 7) is 9.01. The van der Waals surface area contributed by atoms with Gasteiger partial charge < -0.3 is 9.64 Å². The first-order valence-corrected chi connectivity index (χ1v) is 11.9. The van der Waals surface area contributed by atoms with Gasteiger partial charge in [-0.1, -0.05) is 20.8 Å². The molecule has 8 heteroatoms. The van der Waals surface area contributed by atoms with E-state index >= 15 is 0 Å². The molecule has 2 aliphatic rings.